The smallest absolute Gasteiger partial charge is 0.0504 e. The molecule has 1 heterocycles. The number of hydrogen-bond donors (Lipinski definition) is 0. The molecule has 0 aromatic carbocycles. The molecule has 0 amide bonds. The summed E-state index contributed by atoms with van der Waals surface area (Å²) in [6.45, 7) is 7.20. The molecule has 7 heteroatoms. The molecule has 82 valence electrons. The SMILES string of the molecule is CCN1CCN(C)C1.PP(P)P.[Br-]. The van der Waals surface area contributed by atoms with Gasteiger partial charge in [-0.05, 0) is 20.6 Å². The second-order valence-electron chi connectivity index (χ2n) is 2.88. The number of hydrogen-bond acceptors (Lipinski definition) is 2. The lowest BCUT2D eigenvalue weighted by atomic mass is 10.6. The molecule has 0 aliphatic carbocycles. The minimum Gasteiger partial charge on any atom is -1.00 e. The van der Waals surface area contributed by atoms with Gasteiger partial charge in [-0.15, -0.1) is 26.8 Å². The molecule has 3 atom stereocenters. The Morgan fingerprint density at radius 3 is 1.85 bits per heavy atom. The summed E-state index contributed by atoms with van der Waals surface area (Å²) in [4.78, 5) is 4.77. The Labute approximate surface area is 101 Å². The van der Waals surface area contributed by atoms with Gasteiger partial charge in [0.1, 0.15) is 0 Å². The van der Waals surface area contributed by atoms with Crippen molar-refractivity contribution in [1.29, 1.82) is 0 Å². The van der Waals surface area contributed by atoms with Crippen molar-refractivity contribution in [3.63, 3.8) is 0 Å². The van der Waals surface area contributed by atoms with Gasteiger partial charge >= 0.3 is 0 Å². The monoisotopic (exact) mass is 323 g/mol. The molecule has 1 rings (SSSR count). The van der Waals surface area contributed by atoms with Crippen LogP contribution < -0.4 is 17.0 Å². The average Bonchev–Trinajstić information content (AvgIpc) is 2.34. The van der Waals surface area contributed by atoms with Gasteiger partial charge in [-0.2, -0.15) is 0 Å². The van der Waals surface area contributed by atoms with Crippen molar-refractivity contribution in [2.75, 3.05) is 33.4 Å². The predicted molar refractivity (Wildman–Crippen MR) is 70.8 cm³/mol. The molecule has 0 spiro atoms. The van der Waals surface area contributed by atoms with Gasteiger partial charge in [-0.1, -0.05) is 6.92 Å². The summed E-state index contributed by atoms with van der Waals surface area (Å²) >= 11 is 0. The molecular weight excluding hydrogens is 304 g/mol. The topological polar surface area (TPSA) is 6.48 Å². The molecule has 1 aliphatic rings. The van der Waals surface area contributed by atoms with Crippen molar-refractivity contribution in [2.45, 2.75) is 6.92 Å². The van der Waals surface area contributed by atoms with Crippen LogP contribution in [-0.2, 0) is 0 Å². The van der Waals surface area contributed by atoms with E-state index in [1.165, 1.54) is 19.6 Å². The van der Waals surface area contributed by atoms with Crippen molar-refractivity contribution in [3.05, 3.63) is 0 Å². The Kier molecular flexibility index (Phi) is 14.3. The molecule has 0 radical (unpaired) electrons. The van der Waals surface area contributed by atoms with Crippen LogP contribution in [0, 0.1) is 0 Å². The lowest BCUT2D eigenvalue weighted by Gasteiger charge is -2.10. The molecule has 1 aliphatic heterocycles. The zero-order valence-corrected chi connectivity index (χ0v) is 14.2. The van der Waals surface area contributed by atoms with E-state index >= 15 is 0 Å². The number of halogens is 1. The highest BCUT2D eigenvalue weighted by molar-refractivity contribution is 8.65. The van der Waals surface area contributed by atoms with E-state index in [0.29, 0.717) is 0 Å². The van der Waals surface area contributed by atoms with Crippen molar-refractivity contribution < 1.29 is 17.0 Å². The molecule has 0 aromatic rings. The Morgan fingerprint density at radius 1 is 1.23 bits per heavy atom. The number of rotatable bonds is 1. The molecule has 1 saturated heterocycles. The minimum absolute atomic E-state index is 0. The zero-order valence-electron chi connectivity index (χ0n) is 8.28. The summed E-state index contributed by atoms with van der Waals surface area (Å²) in [6.07, 6.45) is 0. The third-order valence-corrected chi connectivity index (χ3v) is 1.69. The fourth-order valence-electron chi connectivity index (χ4n) is 1.05. The number of nitrogens with zero attached hydrogens (tertiary/aromatic N) is 2. The summed E-state index contributed by atoms with van der Waals surface area (Å²) in [7, 11) is 10.1. The van der Waals surface area contributed by atoms with Gasteiger partial charge in [0, 0.05) is 13.1 Å². The fourth-order valence-corrected chi connectivity index (χ4v) is 1.05. The first kappa shape index (κ1) is 17.5. The normalized spacial score (nSPS) is 18.0. The maximum absolute atomic E-state index is 2.65. The number of likely N-dealkylation sites (N-methyl/N-ethyl adjacent to an activating group) is 2. The highest BCUT2D eigenvalue weighted by Crippen LogP contribution is 2.59. The molecular formula is C6H20BrN2P4-. The Balaban J connectivity index is 0. The molecule has 0 saturated carbocycles. The lowest BCUT2D eigenvalue weighted by Crippen LogP contribution is -3.00. The Morgan fingerprint density at radius 2 is 1.69 bits per heavy atom. The largest absolute Gasteiger partial charge is 1.00 e. The van der Waals surface area contributed by atoms with Crippen molar-refractivity contribution in [2.24, 2.45) is 0 Å². The maximum atomic E-state index is 2.65. The minimum atomic E-state index is 0. The van der Waals surface area contributed by atoms with Gasteiger partial charge in [0.15, 0.2) is 0 Å². The van der Waals surface area contributed by atoms with E-state index < -0.39 is 0 Å². The summed E-state index contributed by atoms with van der Waals surface area (Å²) in [5.74, 6) is 0. The van der Waals surface area contributed by atoms with E-state index in [2.05, 4.69) is 50.6 Å². The van der Waals surface area contributed by atoms with E-state index in [1.54, 1.807) is 0 Å². The molecule has 2 nitrogen and oxygen atoms in total. The molecule has 0 bridgehead atoms. The predicted octanol–water partition coefficient (Wildman–Crippen LogP) is -0.946. The average molecular weight is 324 g/mol. The van der Waals surface area contributed by atoms with Crippen LogP contribution in [0.2, 0.25) is 0 Å². The van der Waals surface area contributed by atoms with E-state index in [1.807, 2.05) is 0 Å². The summed E-state index contributed by atoms with van der Waals surface area (Å²) in [5, 5.41) is 0. The second-order valence-corrected chi connectivity index (χ2v) is 14.5. The van der Waals surface area contributed by atoms with Crippen LogP contribution in [0.5, 0.6) is 0 Å². The molecule has 0 aromatic heterocycles. The highest BCUT2D eigenvalue weighted by atomic mass is 79.9. The van der Waals surface area contributed by atoms with E-state index in [4.69, 9.17) is 0 Å². The van der Waals surface area contributed by atoms with E-state index in [0.717, 1.165) is 6.67 Å². The van der Waals surface area contributed by atoms with Crippen LogP contribution in [0.3, 0.4) is 0 Å². The van der Waals surface area contributed by atoms with Crippen LogP contribution in [0.4, 0.5) is 0 Å². The lowest BCUT2D eigenvalue weighted by molar-refractivity contribution is -0.00000232. The standard InChI is InChI=1S/C6H14N2.BrH.H6P4/c1-3-8-5-4-7(2)6-8;;1-4(2)3/h3-6H2,1-2H3;1H;1-3H2/p-1. The van der Waals surface area contributed by atoms with Gasteiger partial charge in [-0.3, -0.25) is 9.80 Å². The Hall–Kier alpha value is 2.12. The van der Waals surface area contributed by atoms with Crippen LogP contribution in [0.15, 0.2) is 0 Å². The third kappa shape index (κ3) is 12.0. The van der Waals surface area contributed by atoms with Crippen LogP contribution in [0.25, 0.3) is 0 Å². The van der Waals surface area contributed by atoms with E-state index in [-0.39, 0.29) is 24.0 Å². The molecule has 1 fully saturated rings. The summed E-state index contributed by atoms with van der Waals surface area (Å²) in [5.41, 5.74) is 0. The van der Waals surface area contributed by atoms with Crippen LogP contribution >= 0.6 is 33.8 Å². The quantitative estimate of drug-likeness (QED) is 0.574. The second kappa shape index (κ2) is 10.6. The maximum Gasteiger partial charge on any atom is 0.0504 e. The van der Waals surface area contributed by atoms with Gasteiger partial charge in [0.25, 0.3) is 0 Å². The first-order chi connectivity index (χ1) is 5.56. The van der Waals surface area contributed by atoms with Gasteiger partial charge in [0.2, 0.25) is 0 Å². The van der Waals surface area contributed by atoms with Crippen LogP contribution in [0.1, 0.15) is 6.92 Å². The molecule has 13 heavy (non-hydrogen) atoms. The van der Waals surface area contributed by atoms with Gasteiger partial charge in [0.05, 0.1) is 6.67 Å². The van der Waals surface area contributed by atoms with Crippen molar-refractivity contribution in [3.8, 4) is 0 Å². The molecule has 0 N–H and O–H groups in total. The zero-order chi connectivity index (χ0) is 9.56. The third-order valence-electron chi connectivity index (χ3n) is 1.69. The van der Waals surface area contributed by atoms with E-state index in [9.17, 15) is 0 Å². The van der Waals surface area contributed by atoms with Gasteiger partial charge < -0.3 is 17.0 Å². The first-order valence-corrected chi connectivity index (χ1v) is 10.2. The van der Waals surface area contributed by atoms with Gasteiger partial charge in [-0.25, -0.2) is 0 Å². The summed E-state index contributed by atoms with van der Waals surface area (Å²) < 4.78 is 0. The first-order valence-electron chi connectivity index (χ1n) is 4.01. The summed E-state index contributed by atoms with van der Waals surface area (Å²) in [6, 6.07) is 0. The van der Waals surface area contributed by atoms with Crippen LogP contribution in [-0.4, -0.2) is 43.2 Å². The van der Waals surface area contributed by atoms with Crippen molar-refractivity contribution in [1.82, 2.24) is 9.80 Å². The van der Waals surface area contributed by atoms with Crippen molar-refractivity contribution >= 4 is 33.8 Å². The molecule has 3 unspecified atom stereocenters. The Bertz CT molecular complexity index is 114. The fraction of sp³-hybridized carbons (Fsp3) is 1.00. The highest BCUT2D eigenvalue weighted by Gasteiger charge is 2.12.